The molecular weight excluding hydrogens is 344 g/mol. The zero-order valence-electron chi connectivity index (χ0n) is 16.1. The van der Waals surface area contributed by atoms with E-state index in [1.54, 1.807) is 0 Å². The van der Waals surface area contributed by atoms with E-state index < -0.39 is 0 Å². The molecule has 0 bridgehead atoms. The van der Waals surface area contributed by atoms with Crippen molar-refractivity contribution in [3.63, 3.8) is 0 Å². The Labute approximate surface area is 167 Å². The van der Waals surface area contributed by atoms with Crippen molar-refractivity contribution in [2.45, 2.75) is 25.9 Å². The summed E-state index contributed by atoms with van der Waals surface area (Å²) in [5, 5.41) is 3.01. The second-order valence-electron chi connectivity index (χ2n) is 7.42. The van der Waals surface area contributed by atoms with Crippen LogP contribution in [0.3, 0.4) is 0 Å². The largest absolute Gasteiger partial charge is 0.352 e. The molecular formula is C25H26N2O. The van der Waals surface area contributed by atoms with Crippen LogP contribution in [0, 0.1) is 0 Å². The Morgan fingerprint density at radius 1 is 0.821 bits per heavy atom. The first-order valence-electron chi connectivity index (χ1n) is 9.98. The van der Waals surface area contributed by atoms with Crippen LogP contribution in [0.1, 0.15) is 32.6 Å². The Balaban J connectivity index is 1.28. The van der Waals surface area contributed by atoms with Gasteiger partial charge in [-0.15, -0.1) is 0 Å². The van der Waals surface area contributed by atoms with Crippen LogP contribution in [0.2, 0.25) is 0 Å². The van der Waals surface area contributed by atoms with Crippen LogP contribution in [-0.2, 0) is 25.9 Å². The summed E-state index contributed by atoms with van der Waals surface area (Å²) < 4.78 is 0. The summed E-state index contributed by atoms with van der Waals surface area (Å²) in [7, 11) is 0. The number of hydrogen-bond donors (Lipinski definition) is 1. The summed E-state index contributed by atoms with van der Waals surface area (Å²) in [5.74, 6) is -0.00520. The first-order chi connectivity index (χ1) is 13.8. The highest BCUT2D eigenvalue weighted by atomic mass is 16.1. The van der Waals surface area contributed by atoms with Crippen molar-refractivity contribution in [2.24, 2.45) is 0 Å². The van der Waals surface area contributed by atoms with Crippen molar-refractivity contribution in [1.29, 1.82) is 0 Å². The molecule has 3 aromatic carbocycles. The normalized spacial score (nSPS) is 13.7. The third kappa shape index (κ3) is 4.68. The lowest BCUT2D eigenvalue weighted by Crippen LogP contribution is -2.30. The van der Waals surface area contributed by atoms with E-state index >= 15 is 0 Å². The molecule has 4 rings (SSSR count). The summed E-state index contributed by atoms with van der Waals surface area (Å²) in [4.78, 5) is 14.8. The lowest BCUT2D eigenvalue weighted by atomic mass is 9.99. The fourth-order valence-electron chi connectivity index (χ4n) is 3.78. The summed E-state index contributed by atoms with van der Waals surface area (Å²) in [6, 6.07) is 26.9. The Morgan fingerprint density at radius 2 is 1.54 bits per heavy atom. The van der Waals surface area contributed by atoms with Gasteiger partial charge in [0.1, 0.15) is 0 Å². The molecule has 1 amide bonds. The van der Waals surface area contributed by atoms with Gasteiger partial charge in [0, 0.05) is 31.7 Å². The Kier molecular flexibility index (Phi) is 5.83. The minimum absolute atomic E-state index is 0.00520. The van der Waals surface area contributed by atoms with Crippen molar-refractivity contribution < 1.29 is 4.79 Å². The van der Waals surface area contributed by atoms with Crippen molar-refractivity contribution in [3.05, 3.63) is 107 Å². The summed E-state index contributed by atoms with van der Waals surface area (Å²) in [5.41, 5.74) is 6.12. The van der Waals surface area contributed by atoms with Gasteiger partial charge >= 0.3 is 0 Å². The van der Waals surface area contributed by atoms with Gasteiger partial charge in [0.15, 0.2) is 0 Å². The number of carbonyl (C=O) groups is 1. The van der Waals surface area contributed by atoms with Gasteiger partial charge in [0.05, 0.1) is 0 Å². The first kappa shape index (κ1) is 18.5. The van der Waals surface area contributed by atoms with E-state index in [-0.39, 0.29) is 5.91 Å². The molecule has 0 atom stereocenters. The average molecular weight is 370 g/mol. The molecule has 0 aliphatic carbocycles. The lowest BCUT2D eigenvalue weighted by Gasteiger charge is -2.28. The van der Waals surface area contributed by atoms with Crippen LogP contribution in [0.4, 0.5) is 0 Å². The van der Waals surface area contributed by atoms with E-state index in [1.165, 1.54) is 22.3 Å². The van der Waals surface area contributed by atoms with Gasteiger partial charge in [0.2, 0.25) is 0 Å². The molecule has 3 aromatic rings. The van der Waals surface area contributed by atoms with Crippen LogP contribution in [0.25, 0.3) is 0 Å². The van der Waals surface area contributed by atoms with E-state index in [2.05, 4.69) is 58.7 Å². The fourth-order valence-corrected chi connectivity index (χ4v) is 3.78. The van der Waals surface area contributed by atoms with Crippen LogP contribution >= 0.6 is 0 Å². The molecule has 28 heavy (non-hydrogen) atoms. The fraction of sp³-hybridized carbons (Fsp3) is 0.240. The first-order valence-corrected chi connectivity index (χ1v) is 9.98. The predicted molar refractivity (Wildman–Crippen MR) is 113 cm³/mol. The Bertz CT molecular complexity index is 919. The summed E-state index contributed by atoms with van der Waals surface area (Å²) >= 11 is 0. The topological polar surface area (TPSA) is 32.3 Å². The number of benzene rings is 3. The van der Waals surface area contributed by atoms with Gasteiger partial charge in [-0.1, -0.05) is 66.7 Å². The van der Waals surface area contributed by atoms with Gasteiger partial charge in [-0.05, 0) is 47.2 Å². The monoisotopic (exact) mass is 370 g/mol. The number of rotatable bonds is 6. The second kappa shape index (κ2) is 8.85. The van der Waals surface area contributed by atoms with Crippen molar-refractivity contribution in [1.82, 2.24) is 10.2 Å². The predicted octanol–water partition coefficient (Wildman–Crippen LogP) is 4.22. The van der Waals surface area contributed by atoms with E-state index in [4.69, 9.17) is 0 Å². The van der Waals surface area contributed by atoms with Gasteiger partial charge < -0.3 is 5.32 Å². The number of amides is 1. The minimum Gasteiger partial charge on any atom is -0.352 e. The van der Waals surface area contributed by atoms with Gasteiger partial charge in [-0.25, -0.2) is 0 Å². The standard InChI is InChI=1S/C25H26N2O/c28-25(26-16-14-20-6-2-1-3-7-20)23-12-10-21(11-13-23)18-27-17-15-22-8-4-5-9-24(22)19-27/h1-13H,14-19H2,(H,26,28). The maximum absolute atomic E-state index is 12.4. The molecule has 1 N–H and O–H groups in total. The zero-order chi connectivity index (χ0) is 19.2. The SMILES string of the molecule is O=C(NCCc1ccccc1)c1ccc(CN2CCc3ccccc3C2)cc1. The third-order valence-corrected chi connectivity index (χ3v) is 5.37. The van der Waals surface area contributed by atoms with Gasteiger partial charge in [-0.2, -0.15) is 0 Å². The van der Waals surface area contributed by atoms with Crippen molar-refractivity contribution in [2.75, 3.05) is 13.1 Å². The Morgan fingerprint density at radius 3 is 2.32 bits per heavy atom. The highest BCUT2D eigenvalue weighted by Gasteiger charge is 2.15. The average Bonchev–Trinajstić information content (AvgIpc) is 2.75. The second-order valence-corrected chi connectivity index (χ2v) is 7.42. The van der Waals surface area contributed by atoms with E-state index in [9.17, 15) is 4.79 Å². The molecule has 0 saturated heterocycles. The molecule has 1 aliphatic heterocycles. The molecule has 0 radical (unpaired) electrons. The highest BCUT2D eigenvalue weighted by Crippen LogP contribution is 2.20. The molecule has 0 unspecified atom stereocenters. The molecule has 0 saturated carbocycles. The van der Waals surface area contributed by atoms with Crippen LogP contribution in [-0.4, -0.2) is 23.9 Å². The number of nitrogens with zero attached hydrogens (tertiary/aromatic N) is 1. The summed E-state index contributed by atoms with van der Waals surface area (Å²) in [6.07, 6.45) is 1.96. The zero-order valence-corrected chi connectivity index (χ0v) is 16.1. The lowest BCUT2D eigenvalue weighted by molar-refractivity contribution is 0.0954. The minimum atomic E-state index is -0.00520. The van der Waals surface area contributed by atoms with E-state index in [0.717, 1.165) is 38.0 Å². The van der Waals surface area contributed by atoms with Crippen molar-refractivity contribution in [3.8, 4) is 0 Å². The molecule has 1 aliphatic rings. The van der Waals surface area contributed by atoms with E-state index in [0.29, 0.717) is 6.54 Å². The van der Waals surface area contributed by atoms with Gasteiger partial charge in [-0.3, -0.25) is 9.69 Å². The smallest absolute Gasteiger partial charge is 0.251 e. The number of carbonyl (C=O) groups excluding carboxylic acids is 1. The van der Waals surface area contributed by atoms with Gasteiger partial charge in [0.25, 0.3) is 5.91 Å². The number of hydrogen-bond acceptors (Lipinski definition) is 2. The van der Waals surface area contributed by atoms with E-state index in [1.807, 2.05) is 30.3 Å². The molecule has 0 fully saturated rings. The quantitative estimate of drug-likeness (QED) is 0.705. The van der Waals surface area contributed by atoms with Crippen LogP contribution < -0.4 is 5.32 Å². The molecule has 142 valence electrons. The highest BCUT2D eigenvalue weighted by molar-refractivity contribution is 5.94. The van der Waals surface area contributed by atoms with Crippen LogP contribution in [0.15, 0.2) is 78.9 Å². The third-order valence-electron chi connectivity index (χ3n) is 5.37. The number of nitrogens with one attached hydrogen (secondary N) is 1. The maximum Gasteiger partial charge on any atom is 0.251 e. The summed E-state index contributed by atoms with van der Waals surface area (Å²) in [6.45, 7) is 3.65. The number of fused-ring (bicyclic) bond motifs is 1. The molecule has 3 heteroatoms. The van der Waals surface area contributed by atoms with Crippen LogP contribution in [0.5, 0.6) is 0 Å². The molecule has 1 heterocycles. The Hall–Kier alpha value is -2.91. The van der Waals surface area contributed by atoms with Crippen molar-refractivity contribution >= 4 is 5.91 Å². The molecule has 0 spiro atoms. The molecule has 3 nitrogen and oxygen atoms in total. The maximum atomic E-state index is 12.4. The molecule has 0 aromatic heterocycles.